The number of carbonyl (C=O) groups is 2. The van der Waals surface area contributed by atoms with Gasteiger partial charge < -0.3 is 19.5 Å². The summed E-state index contributed by atoms with van der Waals surface area (Å²) in [4.78, 5) is 24.4. The highest BCUT2D eigenvalue weighted by Gasteiger charge is 2.32. The minimum atomic E-state index is -0.919. The Morgan fingerprint density at radius 2 is 1.88 bits per heavy atom. The molecule has 0 aromatic heterocycles. The van der Waals surface area contributed by atoms with Crippen molar-refractivity contribution < 1.29 is 23.8 Å². The summed E-state index contributed by atoms with van der Waals surface area (Å²) in [6.45, 7) is 6.20. The van der Waals surface area contributed by atoms with E-state index in [2.05, 4.69) is 5.32 Å². The minimum absolute atomic E-state index is 0.259. The van der Waals surface area contributed by atoms with Gasteiger partial charge in [-0.1, -0.05) is 20.3 Å². The highest BCUT2D eigenvalue weighted by molar-refractivity contribution is 5.99. The Bertz CT molecular complexity index is 573. The number of anilines is 1. The Labute approximate surface area is 143 Å². The van der Waals surface area contributed by atoms with Gasteiger partial charge in [-0.25, -0.2) is 4.79 Å². The van der Waals surface area contributed by atoms with Gasteiger partial charge in [0.2, 0.25) is 0 Å². The van der Waals surface area contributed by atoms with Crippen LogP contribution < -0.4 is 10.1 Å². The molecule has 6 nitrogen and oxygen atoms in total. The number of nitrogens with one attached hydrogen (secondary N) is 1. The molecular formula is C18H27NO5. The van der Waals surface area contributed by atoms with Crippen LogP contribution >= 0.6 is 0 Å². The lowest BCUT2D eigenvalue weighted by atomic mass is 9.99. The Balaban J connectivity index is 3.04. The number of methoxy groups -OCH3 is 2. The van der Waals surface area contributed by atoms with Crippen molar-refractivity contribution in [3.63, 3.8) is 0 Å². The van der Waals surface area contributed by atoms with Crippen LogP contribution in [0.1, 0.15) is 50.4 Å². The van der Waals surface area contributed by atoms with Gasteiger partial charge >= 0.3 is 5.97 Å². The zero-order valence-corrected chi connectivity index (χ0v) is 15.1. The Hall–Kier alpha value is -2.08. The first-order valence-corrected chi connectivity index (χ1v) is 8.13. The van der Waals surface area contributed by atoms with Crippen molar-refractivity contribution in [3.05, 3.63) is 23.8 Å². The fourth-order valence-electron chi connectivity index (χ4n) is 2.26. The molecule has 0 spiro atoms. The van der Waals surface area contributed by atoms with Gasteiger partial charge in [0.25, 0.3) is 5.91 Å². The lowest BCUT2D eigenvalue weighted by Crippen LogP contribution is -2.41. The van der Waals surface area contributed by atoms with Crippen molar-refractivity contribution in [2.24, 2.45) is 0 Å². The van der Waals surface area contributed by atoms with Gasteiger partial charge in [-0.3, -0.25) is 4.79 Å². The topological polar surface area (TPSA) is 73.9 Å². The van der Waals surface area contributed by atoms with Crippen LogP contribution in [0.2, 0.25) is 0 Å². The van der Waals surface area contributed by atoms with Crippen molar-refractivity contribution in [1.29, 1.82) is 0 Å². The van der Waals surface area contributed by atoms with E-state index >= 15 is 0 Å². The molecule has 1 N–H and O–H groups in total. The number of esters is 1. The number of benzene rings is 1. The molecule has 134 valence electrons. The molecule has 0 saturated carbocycles. The maximum Gasteiger partial charge on any atom is 0.341 e. The second-order valence-corrected chi connectivity index (χ2v) is 5.69. The molecule has 0 fully saturated rings. The summed E-state index contributed by atoms with van der Waals surface area (Å²) in [7, 11) is 2.82. The predicted molar refractivity (Wildman–Crippen MR) is 92.5 cm³/mol. The molecule has 0 aliphatic heterocycles. The van der Waals surface area contributed by atoms with Crippen molar-refractivity contribution in [3.8, 4) is 5.75 Å². The second-order valence-electron chi connectivity index (χ2n) is 5.69. The summed E-state index contributed by atoms with van der Waals surface area (Å²) >= 11 is 0. The maximum atomic E-state index is 12.5. The minimum Gasteiger partial charge on any atom is -0.493 e. The third-order valence-corrected chi connectivity index (χ3v) is 3.76. The SMILES string of the molecule is CCCOc1ccc(NC(=O)[C@@](C)(CCC)OC)cc1C(=O)OC. The summed E-state index contributed by atoms with van der Waals surface area (Å²) in [5.41, 5.74) is -0.153. The molecule has 0 saturated heterocycles. The van der Waals surface area contributed by atoms with Gasteiger partial charge in [0.15, 0.2) is 0 Å². The molecule has 0 unspecified atom stereocenters. The smallest absolute Gasteiger partial charge is 0.341 e. The van der Waals surface area contributed by atoms with E-state index in [-0.39, 0.29) is 11.5 Å². The van der Waals surface area contributed by atoms with Crippen molar-refractivity contribution in [2.45, 2.75) is 45.6 Å². The Morgan fingerprint density at radius 3 is 2.42 bits per heavy atom. The van der Waals surface area contributed by atoms with Gasteiger partial charge in [-0.05, 0) is 38.0 Å². The van der Waals surface area contributed by atoms with E-state index in [1.54, 1.807) is 25.1 Å². The van der Waals surface area contributed by atoms with E-state index in [0.29, 0.717) is 24.5 Å². The Kier molecular flexibility index (Phi) is 7.71. The van der Waals surface area contributed by atoms with E-state index in [1.165, 1.54) is 14.2 Å². The summed E-state index contributed by atoms with van der Waals surface area (Å²) in [5.74, 6) is -0.338. The first kappa shape index (κ1) is 20.0. The number of hydrogen-bond donors (Lipinski definition) is 1. The van der Waals surface area contributed by atoms with E-state index in [0.717, 1.165) is 12.8 Å². The highest BCUT2D eigenvalue weighted by Crippen LogP contribution is 2.26. The molecule has 1 amide bonds. The van der Waals surface area contributed by atoms with Crippen LogP contribution in [0, 0.1) is 0 Å². The van der Waals surface area contributed by atoms with Crippen molar-refractivity contribution in [2.75, 3.05) is 26.1 Å². The molecule has 1 aromatic rings. The van der Waals surface area contributed by atoms with Crippen LogP contribution in [-0.2, 0) is 14.3 Å². The average Bonchev–Trinajstić information content (AvgIpc) is 2.59. The first-order chi connectivity index (χ1) is 11.4. The maximum absolute atomic E-state index is 12.5. The third kappa shape index (κ3) is 4.96. The van der Waals surface area contributed by atoms with E-state index < -0.39 is 11.6 Å². The number of rotatable bonds is 9. The van der Waals surface area contributed by atoms with Crippen molar-refractivity contribution in [1.82, 2.24) is 0 Å². The van der Waals surface area contributed by atoms with Crippen LogP contribution in [0.5, 0.6) is 5.75 Å². The molecule has 0 heterocycles. The molecule has 1 aromatic carbocycles. The van der Waals surface area contributed by atoms with Crippen molar-refractivity contribution >= 4 is 17.6 Å². The van der Waals surface area contributed by atoms with E-state index in [1.807, 2.05) is 13.8 Å². The molecule has 0 aliphatic rings. The molecule has 0 aliphatic carbocycles. The van der Waals surface area contributed by atoms with Gasteiger partial charge in [0.1, 0.15) is 16.9 Å². The summed E-state index contributed by atoms with van der Waals surface area (Å²) < 4.78 is 15.7. The monoisotopic (exact) mass is 337 g/mol. The molecular weight excluding hydrogens is 310 g/mol. The van der Waals surface area contributed by atoms with Crippen LogP contribution in [-0.4, -0.2) is 38.3 Å². The average molecular weight is 337 g/mol. The predicted octanol–water partition coefficient (Wildman–Crippen LogP) is 3.41. The van der Waals surface area contributed by atoms with Crippen LogP contribution in [0.3, 0.4) is 0 Å². The molecule has 0 bridgehead atoms. The molecule has 1 rings (SSSR count). The van der Waals surface area contributed by atoms with Crippen LogP contribution in [0.25, 0.3) is 0 Å². The Morgan fingerprint density at radius 1 is 1.17 bits per heavy atom. The lowest BCUT2D eigenvalue weighted by Gasteiger charge is -2.26. The normalized spacial score (nSPS) is 13.0. The zero-order chi connectivity index (χ0) is 18.2. The molecule has 24 heavy (non-hydrogen) atoms. The van der Waals surface area contributed by atoms with E-state index in [4.69, 9.17) is 14.2 Å². The molecule has 6 heteroatoms. The third-order valence-electron chi connectivity index (χ3n) is 3.76. The summed E-state index contributed by atoms with van der Waals surface area (Å²) in [6.07, 6.45) is 2.23. The highest BCUT2D eigenvalue weighted by atomic mass is 16.5. The lowest BCUT2D eigenvalue weighted by molar-refractivity contribution is -0.136. The van der Waals surface area contributed by atoms with Gasteiger partial charge in [0, 0.05) is 12.8 Å². The fraction of sp³-hybridized carbons (Fsp3) is 0.556. The largest absolute Gasteiger partial charge is 0.493 e. The zero-order valence-electron chi connectivity index (χ0n) is 15.1. The van der Waals surface area contributed by atoms with Crippen LogP contribution in [0.4, 0.5) is 5.69 Å². The number of hydrogen-bond acceptors (Lipinski definition) is 5. The van der Waals surface area contributed by atoms with Gasteiger partial charge in [-0.15, -0.1) is 0 Å². The molecule has 1 atom stereocenters. The fourth-order valence-corrected chi connectivity index (χ4v) is 2.26. The van der Waals surface area contributed by atoms with Gasteiger partial charge in [0.05, 0.1) is 13.7 Å². The first-order valence-electron chi connectivity index (χ1n) is 8.13. The molecule has 0 radical (unpaired) electrons. The van der Waals surface area contributed by atoms with Gasteiger partial charge in [-0.2, -0.15) is 0 Å². The standard InChI is InChI=1S/C18H27NO5/c1-6-10-18(3,23-5)17(21)19-13-8-9-15(24-11-7-2)14(12-13)16(20)22-4/h8-9,12H,6-7,10-11H2,1-5H3,(H,19,21)/t18-/m1/s1. The van der Waals surface area contributed by atoms with E-state index in [9.17, 15) is 9.59 Å². The second kappa shape index (κ2) is 9.27. The summed E-state index contributed by atoms with van der Waals surface area (Å²) in [6, 6.07) is 4.90. The number of ether oxygens (including phenoxy) is 3. The number of amides is 1. The van der Waals surface area contributed by atoms with Crippen LogP contribution in [0.15, 0.2) is 18.2 Å². The number of carbonyl (C=O) groups excluding carboxylic acids is 2. The summed E-state index contributed by atoms with van der Waals surface area (Å²) in [5, 5.41) is 2.79. The quantitative estimate of drug-likeness (QED) is 0.699.